The van der Waals surface area contributed by atoms with Crippen LogP contribution in [-0.4, -0.2) is 43.2 Å². The van der Waals surface area contributed by atoms with Gasteiger partial charge in [-0.05, 0) is 49.1 Å². The Labute approximate surface area is 194 Å². The molecule has 0 fully saturated rings. The standard InChI is InChI=1S/C26H31NO6/c1-3-17-32-23-12-10-21(11-13-23)24(29)14-15-26(31)33-18-25(30)22-8-6-20(7-9-22)5-4-16-27-19(2)28/h6-13H,3-5,14-18H2,1-2H3,(H,27,28). The molecule has 2 aromatic rings. The van der Waals surface area contributed by atoms with Crippen LogP contribution in [0.5, 0.6) is 5.75 Å². The molecule has 2 rings (SSSR count). The zero-order chi connectivity index (χ0) is 24.1. The van der Waals surface area contributed by atoms with E-state index in [0.29, 0.717) is 30.0 Å². The Morgan fingerprint density at radius 1 is 0.848 bits per heavy atom. The topological polar surface area (TPSA) is 98.8 Å². The molecule has 0 aromatic heterocycles. The van der Waals surface area contributed by atoms with E-state index < -0.39 is 5.97 Å². The number of ether oxygens (including phenoxy) is 2. The monoisotopic (exact) mass is 453 g/mol. The molecule has 0 spiro atoms. The minimum absolute atomic E-state index is 0.00930. The molecule has 0 heterocycles. The number of hydrogen-bond donors (Lipinski definition) is 1. The van der Waals surface area contributed by atoms with Crippen LogP contribution in [0.1, 0.15) is 65.8 Å². The van der Waals surface area contributed by atoms with Crippen molar-refractivity contribution in [1.82, 2.24) is 5.32 Å². The second kappa shape index (κ2) is 13.8. The van der Waals surface area contributed by atoms with Crippen LogP contribution < -0.4 is 10.1 Å². The predicted molar refractivity (Wildman–Crippen MR) is 125 cm³/mol. The zero-order valence-corrected chi connectivity index (χ0v) is 19.2. The summed E-state index contributed by atoms with van der Waals surface area (Å²) in [6.07, 6.45) is 2.41. The average Bonchev–Trinajstić information content (AvgIpc) is 2.83. The van der Waals surface area contributed by atoms with Crippen molar-refractivity contribution < 1.29 is 28.7 Å². The number of rotatable bonds is 14. The fourth-order valence-electron chi connectivity index (χ4n) is 3.03. The molecule has 0 bridgehead atoms. The van der Waals surface area contributed by atoms with Crippen LogP contribution in [0, 0.1) is 0 Å². The van der Waals surface area contributed by atoms with Gasteiger partial charge in [0.05, 0.1) is 13.0 Å². The molecule has 1 N–H and O–H groups in total. The Bertz CT molecular complexity index is 934. The van der Waals surface area contributed by atoms with E-state index in [1.165, 1.54) is 6.92 Å². The number of aryl methyl sites for hydroxylation is 1. The maximum atomic E-state index is 12.3. The first-order chi connectivity index (χ1) is 15.9. The number of esters is 1. The Balaban J connectivity index is 1.70. The summed E-state index contributed by atoms with van der Waals surface area (Å²) in [4.78, 5) is 47.3. The number of nitrogens with one attached hydrogen (secondary N) is 1. The quantitative estimate of drug-likeness (QED) is 0.264. The minimum atomic E-state index is -0.589. The molecule has 33 heavy (non-hydrogen) atoms. The SMILES string of the molecule is CCCOc1ccc(C(=O)CCC(=O)OCC(=O)c2ccc(CCCNC(C)=O)cc2)cc1. The van der Waals surface area contributed by atoms with Gasteiger partial charge in [-0.3, -0.25) is 19.2 Å². The number of amides is 1. The van der Waals surface area contributed by atoms with Gasteiger partial charge in [-0.15, -0.1) is 0 Å². The van der Waals surface area contributed by atoms with Gasteiger partial charge in [0.1, 0.15) is 5.75 Å². The van der Waals surface area contributed by atoms with Crippen molar-refractivity contribution in [2.45, 2.75) is 46.0 Å². The first-order valence-electron chi connectivity index (χ1n) is 11.2. The third kappa shape index (κ3) is 9.68. The summed E-state index contributed by atoms with van der Waals surface area (Å²) >= 11 is 0. The van der Waals surface area contributed by atoms with Crippen molar-refractivity contribution in [3.8, 4) is 5.75 Å². The molecular weight excluding hydrogens is 422 g/mol. The summed E-state index contributed by atoms with van der Waals surface area (Å²) in [7, 11) is 0. The second-order valence-electron chi connectivity index (χ2n) is 7.66. The van der Waals surface area contributed by atoms with E-state index in [-0.39, 0.29) is 36.9 Å². The predicted octanol–water partition coefficient (Wildman–Crippen LogP) is 3.93. The highest BCUT2D eigenvalue weighted by Gasteiger charge is 2.13. The number of carbonyl (C=O) groups is 4. The van der Waals surface area contributed by atoms with Gasteiger partial charge in [0.15, 0.2) is 18.2 Å². The van der Waals surface area contributed by atoms with E-state index >= 15 is 0 Å². The van der Waals surface area contributed by atoms with Gasteiger partial charge in [-0.2, -0.15) is 0 Å². The maximum Gasteiger partial charge on any atom is 0.306 e. The van der Waals surface area contributed by atoms with Crippen LogP contribution in [0.15, 0.2) is 48.5 Å². The number of carbonyl (C=O) groups excluding carboxylic acids is 4. The third-order valence-corrected chi connectivity index (χ3v) is 4.86. The molecule has 7 nitrogen and oxygen atoms in total. The number of hydrogen-bond acceptors (Lipinski definition) is 6. The molecule has 1 amide bonds. The first-order valence-corrected chi connectivity index (χ1v) is 11.2. The van der Waals surface area contributed by atoms with E-state index in [1.54, 1.807) is 36.4 Å². The van der Waals surface area contributed by atoms with Crippen molar-refractivity contribution >= 4 is 23.4 Å². The molecule has 7 heteroatoms. The summed E-state index contributed by atoms with van der Waals surface area (Å²) in [5, 5.41) is 2.74. The molecule has 2 aromatic carbocycles. The van der Waals surface area contributed by atoms with Crippen LogP contribution in [0.25, 0.3) is 0 Å². The number of Topliss-reactive ketones (excluding diaryl/α,β-unsaturated/α-hetero) is 2. The Morgan fingerprint density at radius 3 is 2.12 bits per heavy atom. The maximum absolute atomic E-state index is 12.3. The summed E-state index contributed by atoms with van der Waals surface area (Å²) < 4.78 is 10.5. The van der Waals surface area contributed by atoms with E-state index in [4.69, 9.17) is 9.47 Å². The molecular formula is C26H31NO6. The van der Waals surface area contributed by atoms with Gasteiger partial charge in [0.2, 0.25) is 5.91 Å². The van der Waals surface area contributed by atoms with E-state index in [9.17, 15) is 19.2 Å². The lowest BCUT2D eigenvalue weighted by molar-refractivity contribution is -0.142. The molecule has 176 valence electrons. The number of benzene rings is 2. The van der Waals surface area contributed by atoms with E-state index in [1.807, 2.05) is 19.1 Å². The van der Waals surface area contributed by atoms with Crippen LogP contribution in [-0.2, 0) is 20.7 Å². The van der Waals surface area contributed by atoms with Gasteiger partial charge in [-0.1, -0.05) is 31.2 Å². The molecule has 0 aliphatic carbocycles. The van der Waals surface area contributed by atoms with E-state index in [0.717, 1.165) is 24.8 Å². The summed E-state index contributed by atoms with van der Waals surface area (Å²) in [6, 6.07) is 13.9. The van der Waals surface area contributed by atoms with Gasteiger partial charge in [-0.25, -0.2) is 0 Å². The van der Waals surface area contributed by atoms with Gasteiger partial charge in [0.25, 0.3) is 0 Å². The smallest absolute Gasteiger partial charge is 0.306 e. The van der Waals surface area contributed by atoms with Crippen molar-refractivity contribution in [3.05, 3.63) is 65.2 Å². The van der Waals surface area contributed by atoms with Crippen molar-refractivity contribution in [3.63, 3.8) is 0 Å². The average molecular weight is 454 g/mol. The zero-order valence-electron chi connectivity index (χ0n) is 19.2. The molecule has 0 aliphatic rings. The van der Waals surface area contributed by atoms with Gasteiger partial charge < -0.3 is 14.8 Å². The second-order valence-corrected chi connectivity index (χ2v) is 7.66. The van der Waals surface area contributed by atoms with Crippen molar-refractivity contribution in [1.29, 1.82) is 0 Å². The highest BCUT2D eigenvalue weighted by Crippen LogP contribution is 2.15. The molecule has 0 radical (unpaired) electrons. The van der Waals surface area contributed by atoms with Crippen LogP contribution in [0.4, 0.5) is 0 Å². The lowest BCUT2D eigenvalue weighted by atomic mass is 10.1. The van der Waals surface area contributed by atoms with Gasteiger partial charge in [0, 0.05) is 31.0 Å². The molecule has 0 unspecified atom stereocenters. The molecule has 0 aliphatic heterocycles. The lowest BCUT2D eigenvalue weighted by Gasteiger charge is -2.07. The summed E-state index contributed by atoms with van der Waals surface area (Å²) in [5.74, 6) is -0.420. The fourth-order valence-corrected chi connectivity index (χ4v) is 3.03. The number of ketones is 2. The van der Waals surface area contributed by atoms with Crippen LogP contribution in [0.3, 0.4) is 0 Å². The first kappa shape index (κ1) is 25.8. The summed E-state index contributed by atoms with van der Waals surface area (Å²) in [6.45, 7) is 4.35. The Hall–Kier alpha value is -3.48. The van der Waals surface area contributed by atoms with Crippen molar-refractivity contribution in [2.75, 3.05) is 19.8 Å². The minimum Gasteiger partial charge on any atom is -0.494 e. The van der Waals surface area contributed by atoms with Crippen LogP contribution in [0.2, 0.25) is 0 Å². The molecule has 0 saturated heterocycles. The fraction of sp³-hybridized carbons (Fsp3) is 0.385. The van der Waals surface area contributed by atoms with Crippen LogP contribution >= 0.6 is 0 Å². The highest BCUT2D eigenvalue weighted by molar-refractivity contribution is 5.99. The van der Waals surface area contributed by atoms with E-state index in [2.05, 4.69) is 5.32 Å². The molecule has 0 atom stereocenters. The summed E-state index contributed by atoms with van der Waals surface area (Å²) in [5.41, 5.74) is 2.01. The third-order valence-electron chi connectivity index (χ3n) is 4.86. The molecule has 0 saturated carbocycles. The normalized spacial score (nSPS) is 10.4. The Morgan fingerprint density at radius 2 is 1.48 bits per heavy atom. The highest BCUT2D eigenvalue weighted by atomic mass is 16.5. The largest absolute Gasteiger partial charge is 0.494 e. The lowest BCUT2D eigenvalue weighted by Crippen LogP contribution is -2.21. The Kier molecular flexibility index (Phi) is 10.8. The van der Waals surface area contributed by atoms with Gasteiger partial charge >= 0.3 is 5.97 Å². The van der Waals surface area contributed by atoms with Crippen molar-refractivity contribution in [2.24, 2.45) is 0 Å².